The highest BCUT2D eigenvalue weighted by molar-refractivity contribution is 5.88. The van der Waals surface area contributed by atoms with E-state index in [1.54, 1.807) is 0 Å². The van der Waals surface area contributed by atoms with Crippen LogP contribution in [0.2, 0.25) is 0 Å². The van der Waals surface area contributed by atoms with Gasteiger partial charge in [-0.3, -0.25) is 0 Å². The second-order valence-electron chi connectivity index (χ2n) is 9.99. The fourth-order valence-electron chi connectivity index (χ4n) is 5.36. The molecule has 1 aliphatic carbocycles. The van der Waals surface area contributed by atoms with Crippen molar-refractivity contribution in [1.82, 2.24) is 24.3 Å². The van der Waals surface area contributed by atoms with E-state index in [0.717, 1.165) is 34.1 Å². The summed E-state index contributed by atoms with van der Waals surface area (Å²) in [4.78, 5) is 14.0. The highest BCUT2D eigenvalue weighted by Crippen LogP contribution is 2.34. The Balaban J connectivity index is 1.18. The van der Waals surface area contributed by atoms with Crippen LogP contribution in [0.3, 0.4) is 0 Å². The molecular formula is C27H36N6. The van der Waals surface area contributed by atoms with Crippen molar-refractivity contribution < 1.29 is 0 Å². The van der Waals surface area contributed by atoms with Gasteiger partial charge in [-0.25, -0.2) is 9.97 Å². The molecule has 33 heavy (non-hydrogen) atoms. The van der Waals surface area contributed by atoms with Crippen LogP contribution in [0.4, 0.5) is 5.82 Å². The number of hydrogen-bond donors (Lipinski definition) is 1. The van der Waals surface area contributed by atoms with Crippen LogP contribution >= 0.6 is 0 Å². The molecule has 0 spiro atoms. The number of benzene rings is 1. The molecule has 1 saturated heterocycles. The molecule has 0 unspecified atom stereocenters. The first-order valence-corrected chi connectivity index (χ1v) is 12.3. The van der Waals surface area contributed by atoms with Crippen LogP contribution in [0.15, 0.2) is 55.3 Å². The van der Waals surface area contributed by atoms with E-state index in [4.69, 9.17) is 0 Å². The fourth-order valence-corrected chi connectivity index (χ4v) is 5.36. The van der Waals surface area contributed by atoms with Crippen LogP contribution in [0.5, 0.6) is 0 Å². The number of rotatable bonds is 6. The number of piperazine rings is 1. The zero-order valence-electron chi connectivity index (χ0n) is 20.0. The summed E-state index contributed by atoms with van der Waals surface area (Å²) in [6.45, 7) is 10.5. The van der Waals surface area contributed by atoms with Gasteiger partial charge in [-0.15, -0.1) is 0 Å². The molecule has 174 valence electrons. The van der Waals surface area contributed by atoms with Gasteiger partial charge in [0.25, 0.3) is 0 Å². The minimum Gasteiger partial charge on any atom is -0.344 e. The van der Waals surface area contributed by atoms with E-state index < -0.39 is 0 Å². The van der Waals surface area contributed by atoms with Crippen LogP contribution in [-0.4, -0.2) is 64.1 Å². The van der Waals surface area contributed by atoms with Gasteiger partial charge in [-0.1, -0.05) is 18.7 Å². The van der Waals surface area contributed by atoms with Crippen LogP contribution < -0.4 is 5.32 Å². The topological polar surface area (TPSA) is 49.2 Å². The van der Waals surface area contributed by atoms with Gasteiger partial charge in [-0.05, 0) is 62.1 Å². The van der Waals surface area contributed by atoms with Crippen molar-refractivity contribution in [3.8, 4) is 11.3 Å². The second-order valence-corrected chi connectivity index (χ2v) is 9.99. The van der Waals surface area contributed by atoms with Gasteiger partial charge in [0.1, 0.15) is 5.82 Å². The van der Waals surface area contributed by atoms with E-state index in [1.807, 2.05) is 30.3 Å². The molecule has 1 saturated carbocycles. The SMILES string of the molecule is C=C(Nc1cc2cc(-c3cncn3C)ccc2cn1)C1CCC(CN2CCN(C)CC2)CC1. The van der Waals surface area contributed by atoms with Gasteiger partial charge < -0.3 is 19.7 Å². The number of allylic oxidation sites excluding steroid dienone is 1. The largest absolute Gasteiger partial charge is 0.344 e. The number of fused-ring (bicyclic) bond motifs is 1. The molecule has 1 aromatic carbocycles. The van der Waals surface area contributed by atoms with Crippen LogP contribution in [0.1, 0.15) is 25.7 Å². The van der Waals surface area contributed by atoms with Crippen LogP contribution in [0.25, 0.3) is 22.0 Å². The summed E-state index contributed by atoms with van der Waals surface area (Å²) in [6, 6.07) is 8.61. The monoisotopic (exact) mass is 444 g/mol. The number of nitrogens with zero attached hydrogens (tertiary/aromatic N) is 5. The van der Waals surface area contributed by atoms with Gasteiger partial charge in [0.2, 0.25) is 0 Å². The third kappa shape index (κ3) is 5.12. The molecule has 1 N–H and O–H groups in total. The summed E-state index contributed by atoms with van der Waals surface area (Å²) in [7, 11) is 4.25. The van der Waals surface area contributed by atoms with Gasteiger partial charge in [0, 0.05) is 62.6 Å². The number of pyridine rings is 1. The molecule has 0 amide bonds. The van der Waals surface area contributed by atoms with Crippen LogP contribution in [-0.2, 0) is 7.05 Å². The van der Waals surface area contributed by atoms with E-state index >= 15 is 0 Å². The average Bonchev–Trinajstić information content (AvgIpc) is 3.26. The smallest absolute Gasteiger partial charge is 0.130 e. The molecule has 0 radical (unpaired) electrons. The maximum absolute atomic E-state index is 4.65. The molecule has 3 heterocycles. The van der Waals surface area contributed by atoms with Gasteiger partial charge >= 0.3 is 0 Å². The lowest BCUT2D eigenvalue weighted by molar-refractivity contribution is 0.121. The third-order valence-electron chi connectivity index (χ3n) is 7.57. The number of imidazole rings is 1. The molecular weight excluding hydrogens is 408 g/mol. The quantitative estimate of drug-likeness (QED) is 0.601. The minimum atomic E-state index is 0.534. The highest BCUT2D eigenvalue weighted by atomic mass is 15.2. The number of likely N-dealkylation sites (N-methyl/N-ethyl adjacent to an activating group) is 1. The third-order valence-corrected chi connectivity index (χ3v) is 7.57. The second kappa shape index (κ2) is 9.65. The molecule has 0 bridgehead atoms. The number of anilines is 1. The Morgan fingerprint density at radius 3 is 2.52 bits per heavy atom. The number of hydrogen-bond acceptors (Lipinski definition) is 5. The molecule has 5 rings (SSSR count). The molecule has 0 atom stereocenters. The summed E-state index contributed by atoms with van der Waals surface area (Å²) in [5, 5.41) is 5.85. The van der Waals surface area contributed by atoms with E-state index in [2.05, 4.69) is 63.0 Å². The highest BCUT2D eigenvalue weighted by Gasteiger charge is 2.26. The zero-order chi connectivity index (χ0) is 22.8. The van der Waals surface area contributed by atoms with Crippen molar-refractivity contribution in [3.63, 3.8) is 0 Å². The lowest BCUT2D eigenvalue weighted by atomic mass is 9.80. The fraction of sp³-hybridized carbons (Fsp3) is 0.481. The van der Waals surface area contributed by atoms with Crippen molar-refractivity contribution >= 4 is 16.6 Å². The molecule has 6 nitrogen and oxygen atoms in total. The first-order chi connectivity index (χ1) is 16.0. The van der Waals surface area contributed by atoms with Crippen LogP contribution in [0, 0.1) is 11.8 Å². The first-order valence-electron chi connectivity index (χ1n) is 12.3. The van der Waals surface area contributed by atoms with E-state index in [1.165, 1.54) is 63.8 Å². The standard InChI is InChI=1S/C27H36N6/c1-20(22-6-4-21(5-7-22)18-33-12-10-31(2)11-13-33)30-27-15-25-14-23(8-9-24(25)16-29-27)26-17-28-19-32(26)3/h8-9,14-17,19,21-22H,1,4-7,10-13,18H2,2-3H3,(H,29,30). The number of aryl methyl sites for hydroxylation is 1. The zero-order valence-corrected chi connectivity index (χ0v) is 20.0. The molecule has 2 fully saturated rings. The van der Waals surface area contributed by atoms with Crippen molar-refractivity contribution in [3.05, 3.63) is 55.3 Å². The van der Waals surface area contributed by atoms with Gasteiger partial charge in [0.15, 0.2) is 0 Å². The predicted molar refractivity (Wildman–Crippen MR) is 136 cm³/mol. The molecule has 2 aromatic heterocycles. The molecule has 1 aliphatic heterocycles. The van der Waals surface area contributed by atoms with E-state index in [0.29, 0.717) is 5.92 Å². The van der Waals surface area contributed by atoms with Crippen molar-refractivity contribution in [2.45, 2.75) is 25.7 Å². The van der Waals surface area contributed by atoms with E-state index in [-0.39, 0.29) is 0 Å². The Morgan fingerprint density at radius 1 is 1.00 bits per heavy atom. The molecule has 3 aromatic rings. The van der Waals surface area contributed by atoms with Gasteiger partial charge in [0.05, 0.1) is 18.2 Å². The maximum Gasteiger partial charge on any atom is 0.130 e. The minimum absolute atomic E-state index is 0.534. The van der Waals surface area contributed by atoms with Crippen molar-refractivity contribution in [2.75, 3.05) is 45.1 Å². The first kappa shape index (κ1) is 22.1. The number of nitrogens with one attached hydrogen (secondary N) is 1. The molecule has 6 heteroatoms. The lowest BCUT2D eigenvalue weighted by Crippen LogP contribution is -2.46. The Labute approximate surface area is 197 Å². The Morgan fingerprint density at radius 2 is 1.79 bits per heavy atom. The summed E-state index contributed by atoms with van der Waals surface area (Å²) >= 11 is 0. The van der Waals surface area contributed by atoms with Crippen molar-refractivity contribution in [1.29, 1.82) is 0 Å². The average molecular weight is 445 g/mol. The normalized spacial score (nSPS) is 22.5. The van der Waals surface area contributed by atoms with Gasteiger partial charge in [-0.2, -0.15) is 0 Å². The lowest BCUT2D eigenvalue weighted by Gasteiger charge is -2.37. The van der Waals surface area contributed by atoms with Crippen molar-refractivity contribution in [2.24, 2.45) is 18.9 Å². The Hall–Kier alpha value is -2.70. The summed E-state index contributed by atoms with van der Waals surface area (Å²) in [5.41, 5.74) is 3.39. The number of aromatic nitrogens is 3. The summed E-state index contributed by atoms with van der Waals surface area (Å²) in [6.07, 6.45) is 10.7. The predicted octanol–water partition coefficient (Wildman–Crippen LogP) is 4.61. The summed E-state index contributed by atoms with van der Waals surface area (Å²) < 4.78 is 2.05. The summed E-state index contributed by atoms with van der Waals surface area (Å²) in [5.74, 6) is 2.25. The Kier molecular flexibility index (Phi) is 6.47. The maximum atomic E-state index is 4.65. The Bertz CT molecular complexity index is 1100. The van der Waals surface area contributed by atoms with E-state index in [9.17, 15) is 0 Å². The molecule has 2 aliphatic rings.